The predicted molar refractivity (Wildman–Crippen MR) is 22.2 cm³/mol. The Morgan fingerprint density at radius 3 is 2.33 bits per heavy atom. The van der Waals surface area contributed by atoms with Crippen LogP contribution in [0.5, 0.6) is 0 Å². The highest BCUT2D eigenvalue weighted by molar-refractivity contribution is 4.18. The van der Waals surface area contributed by atoms with Gasteiger partial charge in [0.15, 0.2) is 6.36 Å². The van der Waals surface area contributed by atoms with Gasteiger partial charge in [0.1, 0.15) is 0 Å². The molecule has 0 aromatic heterocycles. The van der Waals surface area contributed by atoms with Crippen molar-refractivity contribution in [2.45, 2.75) is 20.2 Å². The molecule has 0 saturated carbocycles. The van der Waals surface area contributed by atoms with Gasteiger partial charge in [0.2, 0.25) is 0 Å². The smallest absolute Gasteiger partial charge is 0.195 e. The molecule has 0 spiro atoms. The van der Waals surface area contributed by atoms with E-state index >= 15 is 0 Å². The summed E-state index contributed by atoms with van der Waals surface area (Å²) >= 11 is 0. The number of ether oxygens (including phenoxy) is 1. The first kappa shape index (κ1) is 5.89. The van der Waals surface area contributed by atoms with Gasteiger partial charge >= 0.3 is 0 Å². The van der Waals surface area contributed by atoms with Gasteiger partial charge in [0.25, 0.3) is 0 Å². The highest BCUT2D eigenvalue weighted by Crippen LogP contribution is 1.87. The average molecular weight is 92.1 g/mol. The van der Waals surface area contributed by atoms with Crippen LogP contribution >= 0.6 is 0 Å². The van der Waals surface area contributed by atoms with Gasteiger partial charge in [-0.2, -0.15) is 0 Å². The minimum absolute atomic E-state index is 0.456. The molecule has 0 heterocycles. The summed E-state index contributed by atoms with van der Waals surface area (Å²) in [7, 11) is 0. The minimum atomic E-state index is -1.10. The maximum Gasteiger partial charge on any atom is 0.195 e. The lowest BCUT2D eigenvalue weighted by Crippen LogP contribution is -1.97. The van der Waals surface area contributed by atoms with Gasteiger partial charge in [-0.05, 0) is 13.8 Å². The molecule has 1 unspecified atom stereocenters. The van der Waals surface area contributed by atoms with Gasteiger partial charge < -0.3 is 4.74 Å². The SMILES string of the molecule is CCOC(C)F. The van der Waals surface area contributed by atoms with E-state index in [1.807, 2.05) is 0 Å². The summed E-state index contributed by atoms with van der Waals surface area (Å²) in [5, 5.41) is 0. The summed E-state index contributed by atoms with van der Waals surface area (Å²) in [6.07, 6.45) is -1.10. The van der Waals surface area contributed by atoms with Crippen LogP contribution in [0.2, 0.25) is 0 Å². The first-order valence-corrected chi connectivity index (χ1v) is 2.03. The quantitative estimate of drug-likeness (QED) is 0.499. The van der Waals surface area contributed by atoms with Gasteiger partial charge in [0.05, 0.1) is 0 Å². The fraction of sp³-hybridized carbons (Fsp3) is 1.00. The van der Waals surface area contributed by atoms with E-state index in [9.17, 15) is 4.39 Å². The van der Waals surface area contributed by atoms with Crippen LogP contribution < -0.4 is 0 Å². The van der Waals surface area contributed by atoms with Gasteiger partial charge in [-0.3, -0.25) is 0 Å². The van der Waals surface area contributed by atoms with Crippen LogP contribution in [-0.2, 0) is 4.74 Å². The van der Waals surface area contributed by atoms with Gasteiger partial charge in [0, 0.05) is 6.61 Å². The second kappa shape index (κ2) is 3.09. The van der Waals surface area contributed by atoms with E-state index in [0.29, 0.717) is 6.61 Å². The Labute approximate surface area is 37.1 Å². The summed E-state index contributed by atoms with van der Waals surface area (Å²) in [5.74, 6) is 0. The number of alkyl halides is 1. The Bertz CT molecular complexity index is 28.7. The van der Waals surface area contributed by atoms with Crippen LogP contribution in [0.25, 0.3) is 0 Å². The minimum Gasteiger partial charge on any atom is -0.349 e. The predicted octanol–water partition coefficient (Wildman–Crippen LogP) is 1.34. The maximum atomic E-state index is 11.5. The zero-order valence-electron chi connectivity index (χ0n) is 4.07. The van der Waals surface area contributed by atoms with E-state index in [4.69, 9.17) is 0 Å². The van der Waals surface area contributed by atoms with E-state index in [1.165, 1.54) is 6.92 Å². The lowest BCUT2D eigenvalue weighted by atomic mass is 10.8. The standard InChI is InChI=1S/C4H9FO/c1-3-6-4(2)5/h4H,3H2,1-2H3. The molecule has 38 valence electrons. The Hall–Kier alpha value is -0.110. The van der Waals surface area contributed by atoms with E-state index in [2.05, 4.69) is 4.74 Å². The molecule has 6 heavy (non-hydrogen) atoms. The monoisotopic (exact) mass is 92.1 g/mol. The van der Waals surface area contributed by atoms with Crippen molar-refractivity contribution in [3.63, 3.8) is 0 Å². The van der Waals surface area contributed by atoms with Crippen LogP contribution in [0.4, 0.5) is 4.39 Å². The van der Waals surface area contributed by atoms with E-state index in [-0.39, 0.29) is 0 Å². The first-order valence-electron chi connectivity index (χ1n) is 2.03. The van der Waals surface area contributed by atoms with Crippen LogP contribution in [-0.4, -0.2) is 13.0 Å². The van der Waals surface area contributed by atoms with Crippen molar-refractivity contribution in [3.05, 3.63) is 0 Å². The molecule has 0 saturated heterocycles. The molecular weight excluding hydrogens is 83.0 g/mol. The zero-order valence-corrected chi connectivity index (χ0v) is 4.07. The normalized spacial score (nSPS) is 14.5. The summed E-state index contributed by atoms with van der Waals surface area (Å²) in [5.41, 5.74) is 0. The van der Waals surface area contributed by atoms with Crippen LogP contribution in [0.3, 0.4) is 0 Å². The van der Waals surface area contributed by atoms with E-state index in [0.717, 1.165) is 0 Å². The molecule has 0 bridgehead atoms. The highest BCUT2D eigenvalue weighted by Gasteiger charge is 1.88. The molecule has 0 radical (unpaired) electrons. The topological polar surface area (TPSA) is 9.23 Å². The zero-order chi connectivity index (χ0) is 4.99. The molecule has 0 aliphatic heterocycles. The molecule has 0 aliphatic rings. The Morgan fingerprint density at radius 1 is 1.83 bits per heavy atom. The molecule has 0 fully saturated rings. The molecule has 0 aromatic carbocycles. The van der Waals surface area contributed by atoms with Crippen molar-refractivity contribution in [1.82, 2.24) is 0 Å². The molecule has 0 aliphatic carbocycles. The fourth-order valence-corrected chi connectivity index (χ4v) is 0.230. The van der Waals surface area contributed by atoms with Crippen molar-refractivity contribution in [2.24, 2.45) is 0 Å². The van der Waals surface area contributed by atoms with E-state index < -0.39 is 6.36 Å². The molecule has 0 aromatic rings. The van der Waals surface area contributed by atoms with Crippen LogP contribution in [0, 0.1) is 0 Å². The summed E-state index contributed by atoms with van der Waals surface area (Å²) < 4.78 is 15.9. The van der Waals surface area contributed by atoms with Crippen molar-refractivity contribution in [1.29, 1.82) is 0 Å². The largest absolute Gasteiger partial charge is 0.349 e. The van der Waals surface area contributed by atoms with Gasteiger partial charge in [-0.1, -0.05) is 0 Å². The number of hydrogen-bond donors (Lipinski definition) is 0. The Balaban J connectivity index is 2.63. The Morgan fingerprint density at radius 2 is 2.33 bits per heavy atom. The third-order valence-corrected chi connectivity index (χ3v) is 0.396. The summed E-state index contributed by atoms with van der Waals surface area (Å²) in [4.78, 5) is 0. The fourth-order valence-electron chi connectivity index (χ4n) is 0.230. The van der Waals surface area contributed by atoms with Crippen molar-refractivity contribution >= 4 is 0 Å². The lowest BCUT2D eigenvalue weighted by Gasteiger charge is -1.96. The molecule has 0 amide bonds. The summed E-state index contributed by atoms with van der Waals surface area (Å²) in [6.45, 7) is 3.58. The molecule has 0 rings (SSSR count). The van der Waals surface area contributed by atoms with Crippen LogP contribution in [0.1, 0.15) is 13.8 Å². The molecular formula is C4H9FO. The second-order valence-electron chi connectivity index (χ2n) is 0.998. The van der Waals surface area contributed by atoms with Crippen molar-refractivity contribution in [2.75, 3.05) is 6.61 Å². The third-order valence-electron chi connectivity index (χ3n) is 0.396. The third kappa shape index (κ3) is 3.89. The van der Waals surface area contributed by atoms with Gasteiger partial charge in [-0.15, -0.1) is 0 Å². The number of rotatable bonds is 2. The maximum absolute atomic E-state index is 11.5. The van der Waals surface area contributed by atoms with Gasteiger partial charge in [-0.25, -0.2) is 4.39 Å². The van der Waals surface area contributed by atoms with Crippen LogP contribution in [0.15, 0.2) is 0 Å². The number of halogens is 1. The molecule has 1 nitrogen and oxygen atoms in total. The summed E-state index contributed by atoms with van der Waals surface area (Å²) in [6, 6.07) is 0. The van der Waals surface area contributed by atoms with Crippen molar-refractivity contribution in [3.8, 4) is 0 Å². The molecule has 0 N–H and O–H groups in total. The average Bonchev–Trinajstić information content (AvgIpc) is 1.35. The Kier molecular flexibility index (Phi) is 3.04. The lowest BCUT2D eigenvalue weighted by molar-refractivity contribution is -0.0174. The second-order valence-corrected chi connectivity index (χ2v) is 0.998. The highest BCUT2D eigenvalue weighted by atomic mass is 19.1. The number of hydrogen-bond acceptors (Lipinski definition) is 1. The molecule has 2 heteroatoms. The van der Waals surface area contributed by atoms with Crippen molar-refractivity contribution < 1.29 is 9.13 Å². The van der Waals surface area contributed by atoms with E-state index in [1.54, 1.807) is 6.92 Å². The molecule has 1 atom stereocenters. The first-order chi connectivity index (χ1) is 2.77.